The highest BCUT2D eigenvalue weighted by molar-refractivity contribution is 6.30. The Bertz CT molecular complexity index is 686. The third-order valence-electron chi connectivity index (χ3n) is 3.77. The lowest BCUT2D eigenvalue weighted by Gasteiger charge is -2.29. The van der Waals surface area contributed by atoms with Crippen LogP contribution in [-0.4, -0.2) is 37.9 Å². The molecular formula is C14H14ClF3N4O. The normalized spacial score (nSPS) is 17.1. The van der Waals surface area contributed by atoms with E-state index in [-0.39, 0.29) is 18.9 Å². The van der Waals surface area contributed by atoms with Crippen molar-refractivity contribution >= 4 is 11.6 Å². The first-order chi connectivity index (χ1) is 10.8. The number of alkyl halides is 3. The van der Waals surface area contributed by atoms with Gasteiger partial charge >= 0.3 is 6.18 Å². The first-order valence-electron chi connectivity index (χ1n) is 7.00. The van der Waals surface area contributed by atoms with Gasteiger partial charge in [0.05, 0.1) is 12.6 Å². The van der Waals surface area contributed by atoms with E-state index in [1.165, 1.54) is 0 Å². The Morgan fingerprint density at radius 3 is 2.52 bits per heavy atom. The predicted molar refractivity (Wildman–Crippen MR) is 76.7 cm³/mol. The molecule has 1 N–H and O–H groups in total. The number of rotatable bonds is 3. The summed E-state index contributed by atoms with van der Waals surface area (Å²) >= 11 is 5.80. The summed E-state index contributed by atoms with van der Waals surface area (Å²) in [5.74, 6) is -0.711. The minimum Gasteiger partial charge on any atom is -0.387 e. The number of benzene rings is 1. The third-order valence-corrected chi connectivity index (χ3v) is 4.02. The van der Waals surface area contributed by atoms with Gasteiger partial charge in [-0.25, -0.2) is 0 Å². The topological polar surface area (TPSA) is 54.2 Å². The van der Waals surface area contributed by atoms with Crippen molar-refractivity contribution in [1.29, 1.82) is 0 Å². The maximum Gasteiger partial charge on any atom is 0.451 e. The van der Waals surface area contributed by atoms with Crippen LogP contribution in [0.25, 0.3) is 0 Å². The molecule has 2 heterocycles. The van der Waals surface area contributed by atoms with E-state index in [4.69, 9.17) is 11.6 Å². The van der Waals surface area contributed by atoms with Gasteiger partial charge < -0.3 is 9.67 Å². The third kappa shape index (κ3) is 3.49. The van der Waals surface area contributed by atoms with Crippen molar-refractivity contribution in [3.05, 3.63) is 46.5 Å². The number of hydrogen-bond acceptors (Lipinski definition) is 4. The number of β-amino-alcohol motifs (C(OH)–C–C–N with tert-alkyl or cyclic N) is 1. The van der Waals surface area contributed by atoms with Crippen molar-refractivity contribution in [2.45, 2.75) is 25.4 Å². The lowest BCUT2D eigenvalue weighted by molar-refractivity contribution is -0.148. The summed E-state index contributed by atoms with van der Waals surface area (Å²) < 4.78 is 39.4. The van der Waals surface area contributed by atoms with E-state index in [0.717, 1.165) is 4.57 Å². The largest absolute Gasteiger partial charge is 0.451 e. The van der Waals surface area contributed by atoms with E-state index in [2.05, 4.69) is 10.2 Å². The van der Waals surface area contributed by atoms with Crippen molar-refractivity contribution < 1.29 is 18.3 Å². The summed E-state index contributed by atoms with van der Waals surface area (Å²) in [6.45, 7) is 1.05. The van der Waals surface area contributed by atoms with Crippen molar-refractivity contribution in [2.24, 2.45) is 0 Å². The Morgan fingerprint density at radius 2 is 1.87 bits per heavy atom. The zero-order valence-corrected chi connectivity index (χ0v) is 12.7. The van der Waals surface area contributed by atoms with Crippen molar-refractivity contribution in [1.82, 2.24) is 19.7 Å². The first-order valence-corrected chi connectivity index (χ1v) is 7.37. The highest BCUT2D eigenvalue weighted by Crippen LogP contribution is 2.29. The van der Waals surface area contributed by atoms with E-state index in [1.807, 2.05) is 4.90 Å². The van der Waals surface area contributed by atoms with E-state index in [1.54, 1.807) is 24.3 Å². The van der Waals surface area contributed by atoms with Crippen LogP contribution in [0.1, 0.15) is 23.3 Å². The van der Waals surface area contributed by atoms with Crippen LogP contribution in [-0.2, 0) is 19.3 Å². The van der Waals surface area contributed by atoms with Gasteiger partial charge in [0.25, 0.3) is 0 Å². The van der Waals surface area contributed by atoms with E-state index in [9.17, 15) is 18.3 Å². The summed E-state index contributed by atoms with van der Waals surface area (Å²) in [4.78, 5) is 1.85. The van der Waals surface area contributed by atoms with Gasteiger partial charge in [-0.05, 0) is 17.7 Å². The molecule has 0 bridgehead atoms. The quantitative estimate of drug-likeness (QED) is 0.927. The molecular weight excluding hydrogens is 333 g/mol. The fourth-order valence-electron chi connectivity index (χ4n) is 2.61. The van der Waals surface area contributed by atoms with Crippen LogP contribution in [0, 0.1) is 0 Å². The Kier molecular flexibility index (Phi) is 4.31. The number of hydrogen-bond donors (Lipinski definition) is 1. The molecule has 3 rings (SSSR count). The maximum absolute atomic E-state index is 12.8. The molecule has 1 aromatic carbocycles. The van der Waals surface area contributed by atoms with Crippen molar-refractivity contribution in [2.75, 3.05) is 13.1 Å². The lowest BCUT2D eigenvalue weighted by Crippen LogP contribution is -2.37. The molecule has 0 amide bonds. The second kappa shape index (κ2) is 6.10. The maximum atomic E-state index is 12.8. The number of aromatic nitrogens is 3. The van der Waals surface area contributed by atoms with Crippen molar-refractivity contribution in [3.8, 4) is 0 Å². The summed E-state index contributed by atoms with van der Waals surface area (Å²) in [5.41, 5.74) is 0.706. The second-order valence-electron chi connectivity index (χ2n) is 5.39. The van der Waals surface area contributed by atoms with Crippen molar-refractivity contribution in [3.63, 3.8) is 0 Å². The van der Waals surface area contributed by atoms with Crippen LogP contribution in [0.5, 0.6) is 0 Å². The van der Waals surface area contributed by atoms with Crippen LogP contribution in [0.4, 0.5) is 13.2 Å². The van der Waals surface area contributed by atoms with E-state index >= 15 is 0 Å². The molecule has 0 radical (unpaired) electrons. The molecule has 0 aliphatic carbocycles. The highest BCUT2D eigenvalue weighted by Gasteiger charge is 2.39. The molecule has 23 heavy (non-hydrogen) atoms. The van der Waals surface area contributed by atoms with Gasteiger partial charge in [0, 0.05) is 24.7 Å². The Balaban J connectivity index is 1.68. The van der Waals surface area contributed by atoms with Crippen LogP contribution in [0.3, 0.4) is 0 Å². The van der Waals surface area contributed by atoms with Crippen LogP contribution in [0.15, 0.2) is 24.3 Å². The zero-order valence-electron chi connectivity index (χ0n) is 12.0. The number of fused-ring (bicyclic) bond motifs is 1. The molecule has 0 saturated carbocycles. The van der Waals surface area contributed by atoms with E-state index in [0.29, 0.717) is 23.7 Å². The fraction of sp³-hybridized carbons (Fsp3) is 0.429. The number of nitrogens with zero attached hydrogens (tertiary/aromatic N) is 4. The molecule has 124 valence electrons. The Hall–Kier alpha value is -1.64. The molecule has 1 aliphatic heterocycles. The molecule has 5 nitrogen and oxygen atoms in total. The first kappa shape index (κ1) is 16.2. The standard InChI is InChI=1S/C14H14ClF3N4O/c15-10-3-1-9(2-4-10)11(23)7-21-5-6-22-12(8-21)19-20-13(22)14(16,17)18/h1-4,11,23H,5-8H2. The zero-order chi connectivity index (χ0) is 16.6. The monoisotopic (exact) mass is 346 g/mol. The molecule has 1 atom stereocenters. The van der Waals surface area contributed by atoms with Gasteiger partial charge in [0.1, 0.15) is 5.82 Å². The minimum absolute atomic E-state index is 0.143. The molecule has 2 aromatic rings. The minimum atomic E-state index is -4.50. The molecule has 1 aromatic heterocycles. The summed E-state index contributed by atoms with van der Waals surface area (Å²) in [6.07, 6.45) is -5.25. The van der Waals surface area contributed by atoms with Gasteiger partial charge in [0.15, 0.2) is 0 Å². The lowest BCUT2D eigenvalue weighted by atomic mass is 10.1. The van der Waals surface area contributed by atoms with Gasteiger partial charge in [-0.2, -0.15) is 13.2 Å². The number of aliphatic hydroxyl groups excluding tert-OH is 1. The fourth-order valence-corrected chi connectivity index (χ4v) is 2.73. The van der Waals surface area contributed by atoms with Gasteiger partial charge in [0.2, 0.25) is 5.82 Å². The SMILES string of the molecule is OC(CN1CCn2c(nnc2C(F)(F)F)C1)c1ccc(Cl)cc1. The average Bonchev–Trinajstić information content (AvgIpc) is 2.91. The van der Waals surface area contributed by atoms with Gasteiger partial charge in [-0.3, -0.25) is 4.90 Å². The van der Waals surface area contributed by atoms with Crippen LogP contribution >= 0.6 is 11.6 Å². The molecule has 1 aliphatic rings. The van der Waals surface area contributed by atoms with E-state index < -0.39 is 18.1 Å². The summed E-state index contributed by atoms with van der Waals surface area (Å²) in [5, 5.41) is 17.7. The molecule has 0 spiro atoms. The molecule has 0 fully saturated rings. The van der Waals surface area contributed by atoms with Gasteiger partial charge in [-0.1, -0.05) is 23.7 Å². The predicted octanol–water partition coefficient (Wildman–Crippen LogP) is 2.50. The summed E-state index contributed by atoms with van der Waals surface area (Å²) in [6, 6.07) is 6.81. The van der Waals surface area contributed by atoms with Crippen LogP contribution < -0.4 is 0 Å². The van der Waals surface area contributed by atoms with Crippen LogP contribution in [0.2, 0.25) is 5.02 Å². The Labute approximate surface area is 135 Å². The van der Waals surface area contributed by atoms with Gasteiger partial charge in [-0.15, -0.1) is 10.2 Å². The molecule has 1 unspecified atom stereocenters. The molecule has 9 heteroatoms. The highest BCUT2D eigenvalue weighted by atomic mass is 35.5. The number of aliphatic hydroxyl groups is 1. The smallest absolute Gasteiger partial charge is 0.387 e. The number of halogens is 4. The second-order valence-corrected chi connectivity index (χ2v) is 5.83. The average molecular weight is 347 g/mol. The summed E-state index contributed by atoms with van der Waals surface area (Å²) in [7, 11) is 0. The molecule has 0 saturated heterocycles. The Morgan fingerprint density at radius 1 is 1.17 bits per heavy atom.